The Bertz CT molecular complexity index is 967. The molecule has 0 aromatic heterocycles. The number of rotatable bonds is 11. The average molecular weight is 452 g/mol. The van der Waals surface area contributed by atoms with E-state index in [1.807, 2.05) is 55.4 Å². The van der Waals surface area contributed by atoms with E-state index in [4.69, 9.17) is 9.47 Å². The number of carbonyl (C=O) groups is 2. The Kier molecular flexibility index (Phi) is 9.07. The van der Waals surface area contributed by atoms with Crippen molar-refractivity contribution in [2.75, 3.05) is 27.3 Å². The number of hydrogen-bond donors (Lipinski definition) is 1. The highest BCUT2D eigenvalue weighted by molar-refractivity contribution is 6.00. The highest BCUT2D eigenvalue weighted by Crippen LogP contribution is 2.29. The first-order valence-corrected chi connectivity index (χ1v) is 11.5. The third-order valence-electron chi connectivity index (χ3n) is 5.94. The van der Waals surface area contributed by atoms with Gasteiger partial charge in [-0.1, -0.05) is 48.5 Å². The quantitative estimate of drug-likeness (QED) is 0.406. The molecule has 0 saturated carbocycles. The van der Waals surface area contributed by atoms with Crippen LogP contribution in [0.5, 0.6) is 5.75 Å². The van der Waals surface area contributed by atoms with Crippen LogP contribution in [-0.2, 0) is 27.2 Å². The van der Waals surface area contributed by atoms with Crippen LogP contribution < -0.4 is 4.74 Å². The molecule has 1 unspecified atom stereocenters. The summed E-state index contributed by atoms with van der Waals surface area (Å²) in [7, 11) is 3.66. The summed E-state index contributed by atoms with van der Waals surface area (Å²) < 4.78 is 11.4. The zero-order chi connectivity index (χ0) is 23.6. The molecule has 0 bridgehead atoms. The van der Waals surface area contributed by atoms with Crippen molar-refractivity contribution in [1.82, 2.24) is 4.90 Å². The molecule has 0 heterocycles. The average Bonchev–Trinajstić information content (AvgIpc) is 2.83. The van der Waals surface area contributed by atoms with Crippen LogP contribution >= 0.6 is 0 Å². The van der Waals surface area contributed by atoms with Gasteiger partial charge in [0.1, 0.15) is 5.75 Å². The van der Waals surface area contributed by atoms with Gasteiger partial charge in [-0.2, -0.15) is 0 Å². The van der Waals surface area contributed by atoms with Gasteiger partial charge in [0, 0.05) is 18.0 Å². The Hall–Kier alpha value is -3.12. The molecule has 0 spiro atoms. The molecule has 0 aliphatic heterocycles. The number of aliphatic carboxylic acids is 1. The van der Waals surface area contributed by atoms with E-state index >= 15 is 0 Å². The van der Waals surface area contributed by atoms with E-state index in [0.29, 0.717) is 25.0 Å². The molecule has 0 amide bonds. The van der Waals surface area contributed by atoms with E-state index in [0.717, 1.165) is 37.0 Å². The molecule has 0 saturated heterocycles. The second-order valence-electron chi connectivity index (χ2n) is 8.50. The van der Waals surface area contributed by atoms with Crippen LogP contribution in [0.4, 0.5) is 0 Å². The SMILES string of the molecule is CN(C)C1CCCC(C(=O)OCCCOc2ccccc2CCc2ccccc2)=C1C(=O)O. The highest BCUT2D eigenvalue weighted by Gasteiger charge is 2.33. The fourth-order valence-electron chi connectivity index (χ4n) is 4.22. The first kappa shape index (κ1) is 24.5. The number of hydrogen-bond acceptors (Lipinski definition) is 5. The van der Waals surface area contributed by atoms with Crippen molar-refractivity contribution in [3.8, 4) is 5.75 Å². The summed E-state index contributed by atoms with van der Waals surface area (Å²) in [5, 5.41) is 9.64. The standard InChI is InChI=1S/C27H33NO5/c1-28(2)23-14-8-13-22(25(23)26(29)30)27(31)33-19-9-18-32-24-15-7-6-12-21(24)17-16-20-10-4-3-5-11-20/h3-7,10-12,15,23H,8-9,13-14,16-19H2,1-2H3,(H,29,30). The lowest BCUT2D eigenvalue weighted by Crippen LogP contribution is -2.37. The van der Waals surface area contributed by atoms with E-state index in [-0.39, 0.29) is 18.2 Å². The third kappa shape index (κ3) is 6.93. The molecule has 2 aromatic carbocycles. The van der Waals surface area contributed by atoms with Crippen LogP contribution in [0.1, 0.15) is 36.8 Å². The second kappa shape index (κ2) is 12.2. The molecule has 33 heavy (non-hydrogen) atoms. The van der Waals surface area contributed by atoms with Crippen molar-refractivity contribution < 1.29 is 24.2 Å². The summed E-state index contributed by atoms with van der Waals surface area (Å²) in [4.78, 5) is 26.2. The van der Waals surface area contributed by atoms with Crippen molar-refractivity contribution in [3.63, 3.8) is 0 Å². The zero-order valence-corrected chi connectivity index (χ0v) is 19.5. The monoisotopic (exact) mass is 451 g/mol. The predicted molar refractivity (Wildman–Crippen MR) is 127 cm³/mol. The van der Waals surface area contributed by atoms with Crippen molar-refractivity contribution in [1.29, 1.82) is 0 Å². The molecule has 6 nitrogen and oxygen atoms in total. The van der Waals surface area contributed by atoms with E-state index in [9.17, 15) is 14.7 Å². The normalized spacial score (nSPS) is 16.0. The molecule has 0 radical (unpaired) electrons. The molecule has 1 aliphatic rings. The Morgan fingerprint density at radius 3 is 2.45 bits per heavy atom. The first-order chi connectivity index (χ1) is 16.0. The van der Waals surface area contributed by atoms with E-state index in [1.165, 1.54) is 5.56 Å². The van der Waals surface area contributed by atoms with Gasteiger partial charge in [0.05, 0.1) is 18.8 Å². The van der Waals surface area contributed by atoms with Gasteiger partial charge >= 0.3 is 11.9 Å². The summed E-state index contributed by atoms with van der Waals surface area (Å²) in [6.07, 6.45) is 4.29. The number of benzene rings is 2. The molecule has 176 valence electrons. The minimum absolute atomic E-state index is 0.167. The molecule has 0 fully saturated rings. The van der Waals surface area contributed by atoms with E-state index in [1.54, 1.807) is 0 Å². The van der Waals surface area contributed by atoms with E-state index in [2.05, 4.69) is 18.2 Å². The van der Waals surface area contributed by atoms with Gasteiger partial charge in [-0.05, 0) is 63.4 Å². The largest absolute Gasteiger partial charge is 0.493 e. The van der Waals surface area contributed by atoms with Crippen LogP contribution in [0.15, 0.2) is 65.7 Å². The minimum Gasteiger partial charge on any atom is -0.493 e. The molecular weight excluding hydrogens is 418 g/mol. The number of carboxylic acids is 1. The molecule has 1 atom stereocenters. The molecule has 1 aliphatic carbocycles. The van der Waals surface area contributed by atoms with Crippen molar-refractivity contribution >= 4 is 11.9 Å². The lowest BCUT2D eigenvalue weighted by atomic mass is 9.87. The topological polar surface area (TPSA) is 76.1 Å². The number of likely N-dealkylation sites (N-methyl/N-ethyl adjacent to an activating group) is 1. The number of aryl methyl sites for hydroxylation is 2. The Labute approximate surface area is 195 Å². The van der Waals surface area contributed by atoms with E-state index < -0.39 is 11.9 Å². The van der Waals surface area contributed by atoms with Gasteiger partial charge < -0.3 is 19.5 Å². The first-order valence-electron chi connectivity index (χ1n) is 11.5. The van der Waals surface area contributed by atoms with Crippen LogP contribution in [0.2, 0.25) is 0 Å². The Morgan fingerprint density at radius 1 is 1.00 bits per heavy atom. The Balaban J connectivity index is 1.49. The van der Waals surface area contributed by atoms with Crippen LogP contribution in [0.25, 0.3) is 0 Å². The van der Waals surface area contributed by atoms with Gasteiger partial charge in [0.2, 0.25) is 0 Å². The van der Waals surface area contributed by atoms with Gasteiger partial charge in [-0.3, -0.25) is 0 Å². The lowest BCUT2D eigenvalue weighted by Gasteiger charge is -2.30. The van der Waals surface area contributed by atoms with Crippen LogP contribution in [0, 0.1) is 0 Å². The fourth-order valence-corrected chi connectivity index (χ4v) is 4.22. The molecule has 1 N–H and O–H groups in total. The summed E-state index contributed by atoms with van der Waals surface area (Å²) in [6, 6.07) is 18.1. The number of esters is 1. The fraction of sp³-hybridized carbons (Fsp3) is 0.407. The molecule has 3 rings (SSSR count). The summed E-state index contributed by atoms with van der Waals surface area (Å²) >= 11 is 0. The number of carbonyl (C=O) groups excluding carboxylic acids is 1. The summed E-state index contributed by atoms with van der Waals surface area (Å²) in [6.45, 7) is 0.606. The Morgan fingerprint density at radius 2 is 1.73 bits per heavy atom. The van der Waals surface area contributed by atoms with Crippen LogP contribution in [-0.4, -0.2) is 55.3 Å². The maximum atomic E-state index is 12.6. The highest BCUT2D eigenvalue weighted by atomic mass is 16.5. The molecule has 2 aromatic rings. The summed E-state index contributed by atoms with van der Waals surface area (Å²) in [5.74, 6) is -0.727. The van der Waals surface area contributed by atoms with Gasteiger partial charge in [-0.15, -0.1) is 0 Å². The maximum Gasteiger partial charge on any atom is 0.334 e. The van der Waals surface area contributed by atoms with Gasteiger partial charge in [-0.25, -0.2) is 9.59 Å². The predicted octanol–water partition coefficient (Wildman–Crippen LogP) is 4.28. The second-order valence-corrected chi connectivity index (χ2v) is 8.50. The van der Waals surface area contributed by atoms with Crippen molar-refractivity contribution in [2.24, 2.45) is 0 Å². The smallest absolute Gasteiger partial charge is 0.334 e. The van der Waals surface area contributed by atoms with Crippen molar-refractivity contribution in [2.45, 2.75) is 44.6 Å². The zero-order valence-electron chi connectivity index (χ0n) is 19.5. The summed E-state index contributed by atoms with van der Waals surface area (Å²) in [5.41, 5.74) is 2.89. The maximum absolute atomic E-state index is 12.6. The number of nitrogens with zero attached hydrogens (tertiary/aromatic N) is 1. The third-order valence-corrected chi connectivity index (χ3v) is 5.94. The lowest BCUT2D eigenvalue weighted by molar-refractivity contribution is -0.141. The number of carboxylic acid groups (broad SMARTS) is 1. The molecule has 6 heteroatoms. The number of ether oxygens (including phenoxy) is 2. The molecular formula is C27H33NO5. The van der Waals surface area contributed by atoms with Crippen LogP contribution in [0.3, 0.4) is 0 Å². The van der Waals surface area contributed by atoms with Crippen molar-refractivity contribution in [3.05, 3.63) is 76.9 Å². The van der Waals surface area contributed by atoms with Gasteiger partial charge in [0.25, 0.3) is 0 Å². The minimum atomic E-state index is -1.05. The number of para-hydroxylation sites is 1. The van der Waals surface area contributed by atoms with Gasteiger partial charge in [0.15, 0.2) is 0 Å².